The molecule has 0 aliphatic carbocycles. The monoisotopic (exact) mass is 310 g/mol. The van der Waals surface area contributed by atoms with Gasteiger partial charge in [0.15, 0.2) is 5.78 Å². The molecule has 4 nitrogen and oxygen atoms in total. The number of rotatable bonds is 6. The molecular weight excluding hydrogens is 288 g/mol. The molecule has 1 heterocycles. The van der Waals surface area contributed by atoms with Gasteiger partial charge in [-0.25, -0.2) is 0 Å². The Hall–Kier alpha value is -2.49. The molecule has 0 radical (unpaired) electrons. The largest absolute Gasteiger partial charge is 0.350 e. The fourth-order valence-electron chi connectivity index (χ4n) is 2.43. The van der Waals surface area contributed by atoms with Crippen LogP contribution >= 0.6 is 0 Å². The molecule has 1 unspecified atom stereocenters. The second-order valence-corrected chi connectivity index (χ2v) is 5.82. The molecule has 1 amide bonds. The van der Waals surface area contributed by atoms with Crippen LogP contribution in [0.4, 0.5) is 0 Å². The van der Waals surface area contributed by atoms with Gasteiger partial charge < -0.3 is 5.32 Å². The summed E-state index contributed by atoms with van der Waals surface area (Å²) in [5, 5.41) is 2.90. The lowest BCUT2D eigenvalue weighted by Crippen LogP contribution is -2.27. The third-order valence-electron chi connectivity index (χ3n) is 3.83. The minimum absolute atomic E-state index is 0.00961. The SMILES string of the molecule is Cc1ccc(C)c(C(=O)CCC(=O)NC(C)c2cccnc2)c1. The van der Waals surface area contributed by atoms with Gasteiger partial charge in [-0.05, 0) is 44.0 Å². The van der Waals surface area contributed by atoms with Crippen LogP contribution in [0, 0.1) is 13.8 Å². The minimum atomic E-state index is -0.125. The third kappa shape index (κ3) is 4.74. The predicted molar refractivity (Wildman–Crippen MR) is 90.3 cm³/mol. The van der Waals surface area contributed by atoms with Crippen molar-refractivity contribution in [1.29, 1.82) is 0 Å². The number of hydrogen-bond donors (Lipinski definition) is 1. The molecule has 2 aromatic rings. The summed E-state index contributed by atoms with van der Waals surface area (Å²) in [5.41, 5.74) is 3.65. The molecule has 0 fully saturated rings. The lowest BCUT2D eigenvalue weighted by molar-refractivity contribution is -0.121. The molecule has 1 N–H and O–H groups in total. The summed E-state index contributed by atoms with van der Waals surface area (Å²) in [5.74, 6) is -0.115. The maximum Gasteiger partial charge on any atom is 0.220 e. The van der Waals surface area contributed by atoms with Gasteiger partial charge in [-0.3, -0.25) is 14.6 Å². The number of Topliss-reactive ketones (excluding diaryl/α,β-unsaturated/α-hetero) is 1. The first kappa shape index (κ1) is 16.9. The van der Waals surface area contributed by atoms with Gasteiger partial charge in [-0.15, -0.1) is 0 Å². The van der Waals surface area contributed by atoms with Crippen LogP contribution in [0.25, 0.3) is 0 Å². The summed E-state index contributed by atoms with van der Waals surface area (Å²) in [4.78, 5) is 28.4. The molecule has 2 rings (SSSR count). The van der Waals surface area contributed by atoms with Gasteiger partial charge in [0.1, 0.15) is 0 Å². The van der Waals surface area contributed by atoms with Gasteiger partial charge >= 0.3 is 0 Å². The maximum absolute atomic E-state index is 12.3. The zero-order valence-electron chi connectivity index (χ0n) is 13.8. The normalized spacial score (nSPS) is 11.8. The van der Waals surface area contributed by atoms with E-state index in [-0.39, 0.29) is 30.6 Å². The number of ketones is 1. The second kappa shape index (κ2) is 7.68. The fourth-order valence-corrected chi connectivity index (χ4v) is 2.43. The van der Waals surface area contributed by atoms with Gasteiger partial charge in [0, 0.05) is 30.8 Å². The Morgan fingerprint density at radius 2 is 1.96 bits per heavy atom. The Bertz CT molecular complexity index is 696. The minimum Gasteiger partial charge on any atom is -0.350 e. The number of benzene rings is 1. The molecular formula is C19H22N2O2. The van der Waals surface area contributed by atoms with E-state index in [0.29, 0.717) is 5.56 Å². The number of aryl methyl sites for hydroxylation is 2. The van der Waals surface area contributed by atoms with E-state index in [1.807, 2.05) is 51.1 Å². The summed E-state index contributed by atoms with van der Waals surface area (Å²) < 4.78 is 0. The average Bonchev–Trinajstić information content (AvgIpc) is 2.55. The topological polar surface area (TPSA) is 59.1 Å². The third-order valence-corrected chi connectivity index (χ3v) is 3.83. The number of nitrogens with zero attached hydrogens (tertiary/aromatic N) is 1. The summed E-state index contributed by atoms with van der Waals surface area (Å²) >= 11 is 0. The number of pyridine rings is 1. The van der Waals surface area contributed by atoms with E-state index in [4.69, 9.17) is 0 Å². The molecule has 0 aliphatic rings. The molecule has 0 bridgehead atoms. The fraction of sp³-hybridized carbons (Fsp3) is 0.316. The Labute approximate surface area is 137 Å². The van der Waals surface area contributed by atoms with Crippen LogP contribution in [-0.4, -0.2) is 16.7 Å². The van der Waals surface area contributed by atoms with Crippen molar-refractivity contribution in [3.63, 3.8) is 0 Å². The smallest absolute Gasteiger partial charge is 0.220 e. The quantitative estimate of drug-likeness (QED) is 0.830. The van der Waals surface area contributed by atoms with Gasteiger partial charge in [0.05, 0.1) is 6.04 Å². The van der Waals surface area contributed by atoms with E-state index in [2.05, 4.69) is 10.3 Å². The van der Waals surface area contributed by atoms with E-state index in [1.165, 1.54) is 0 Å². The van der Waals surface area contributed by atoms with Crippen LogP contribution in [0.2, 0.25) is 0 Å². The average molecular weight is 310 g/mol. The molecule has 1 aromatic carbocycles. The van der Waals surface area contributed by atoms with Crippen LogP contribution in [0.5, 0.6) is 0 Å². The number of hydrogen-bond acceptors (Lipinski definition) is 3. The van der Waals surface area contributed by atoms with Crippen molar-refractivity contribution in [2.24, 2.45) is 0 Å². The first-order chi connectivity index (χ1) is 11.0. The second-order valence-electron chi connectivity index (χ2n) is 5.82. The van der Waals surface area contributed by atoms with E-state index < -0.39 is 0 Å². The predicted octanol–water partition coefficient (Wildman–Crippen LogP) is 3.54. The van der Waals surface area contributed by atoms with Gasteiger partial charge in [-0.2, -0.15) is 0 Å². The van der Waals surface area contributed by atoms with Crippen molar-refractivity contribution in [2.75, 3.05) is 0 Å². The van der Waals surface area contributed by atoms with Crippen molar-refractivity contribution < 1.29 is 9.59 Å². The molecule has 0 saturated carbocycles. The van der Waals surface area contributed by atoms with Crippen molar-refractivity contribution in [3.05, 3.63) is 65.0 Å². The van der Waals surface area contributed by atoms with Crippen LogP contribution in [0.3, 0.4) is 0 Å². The molecule has 0 spiro atoms. The Morgan fingerprint density at radius 1 is 1.17 bits per heavy atom. The van der Waals surface area contributed by atoms with Crippen LogP contribution < -0.4 is 5.32 Å². The molecule has 120 valence electrons. The van der Waals surface area contributed by atoms with Gasteiger partial charge in [-0.1, -0.05) is 23.8 Å². The number of amides is 1. The number of carbonyl (C=O) groups is 2. The van der Waals surface area contributed by atoms with Crippen LogP contribution in [0.1, 0.15) is 52.9 Å². The van der Waals surface area contributed by atoms with Crippen molar-refractivity contribution in [3.8, 4) is 0 Å². The highest BCUT2D eigenvalue weighted by atomic mass is 16.2. The van der Waals surface area contributed by atoms with Crippen molar-refractivity contribution in [2.45, 2.75) is 39.7 Å². The van der Waals surface area contributed by atoms with Crippen LogP contribution in [-0.2, 0) is 4.79 Å². The zero-order chi connectivity index (χ0) is 16.8. The summed E-state index contributed by atoms with van der Waals surface area (Å²) in [6.07, 6.45) is 3.83. The Balaban J connectivity index is 1.89. The summed E-state index contributed by atoms with van der Waals surface area (Å²) in [6.45, 7) is 5.77. The van der Waals surface area contributed by atoms with E-state index in [0.717, 1.165) is 16.7 Å². The molecule has 4 heteroatoms. The van der Waals surface area contributed by atoms with Crippen molar-refractivity contribution in [1.82, 2.24) is 10.3 Å². The number of aromatic nitrogens is 1. The number of nitrogens with one attached hydrogen (secondary N) is 1. The first-order valence-electron chi connectivity index (χ1n) is 7.77. The lowest BCUT2D eigenvalue weighted by Gasteiger charge is -2.13. The zero-order valence-corrected chi connectivity index (χ0v) is 13.8. The van der Waals surface area contributed by atoms with E-state index in [9.17, 15) is 9.59 Å². The molecule has 23 heavy (non-hydrogen) atoms. The lowest BCUT2D eigenvalue weighted by atomic mass is 9.99. The van der Waals surface area contributed by atoms with Gasteiger partial charge in [0.2, 0.25) is 5.91 Å². The summed E-state index contributed by atoms with van der Waals surface area (Å²) in [6, 6.07) is 9.43. The summed E-state index contributed by atoms with van der Waals surface area (Å²) in [7, 11) is 0. The van der Waals surface area contributed by atoms with Crippen molar-refractivity contribution >= 4 is 11.7 Å². The Kier molecular flexibility index (Phi) is 5.63. The molecule has 1 aromatic heterocycles. The number of carbonyl (C=O) groups excluding carboxylic acids is 2. The van der Waals surface area contributed by atoms with E-state index in [1.54, 1.807) is 12.4 Å². The molecule has 1 atom stereocenters. The standard InChI is InChI=1S/C19H22N2O2/c1-13-6-7-14(2)17(11-13)18(22)8-9-19(23)21-15(3)16-5-4-10-20-12-16/h4-7,10-12,15H,8-9H2,1-3H3,(H,21,23). The molecule has 0 aliphatic heterocycles. The first-order valence-corrected chi connectivity index (χ1v) is 7.77. The highest BCUT2D eigenvalue weighted by Gasteiger charge is 2.14. The van der Waals surface area contributed by atoms with Crippen LogP contribution in [0.15, 0.2) is 42.7 Å². The highest BCUT2D eigenvalue weighted by Crippen LogP contribution is 2.15. The Morgan fingerprint density at radius 3 is 2.65 bits per heavy atom. The van der Waals surface area contributed by atoms with Gasteiger partial charge in [0.25, 0.3) is 0 Å². The maximum atomic E-state index is 12.3. The molecule has 0 saturated heterocycles. The highest BCUT2D eigenvalue weighted by molar-refractivity contribution is 5.99. The van der Waals surface area contributed by atoms with E-state index >= 15 is 0 Å².